The number of aryl methyl sites for hydroxylation is 4. The molecule has 1 aromatic heterocycles. The summed E-state index contributed by atoms with van der Waals surface area (Å²) >= 11 is 0. The summed E-state index contributed by atoms with van der Waals surface area (Å²) in [7, 11) is 0. The van der Waals surface area contributed by atoms with Crippen LogP contribution in [0.5, 0.6) is 0 Å². The Kier molecular flexibility index (Phi) is 3.44. The van der Waals surface area contributed by atoms with Gasteiger partial charge in [0, 0.05) is 16.5 Å². The minimum Gasteiger partial charge on any atom is -0.257 e. The van der Waals surface area contributed by atoms with Crippen molar-refractivity contribution >= 4 is 10.8 Å². The lowest BCUT2D eigenvalue weighted by Gasteiger charge is -2.26. The van der Waals surface area contributed by atoms with Gasteiger partial charge in [-0.05, 0) is 74.7 Å². The summed E-state index contributed by atoms with van der Waals surface area (Å²) in [6, 6.07) is 0. The van der Waals surface area contributed by atoms with Crippen molar-refractivity contribution in [1.82, 2.24) is 4.98 Å². The summed E-state index contributed by atoms with van der Waals surface area (Å²) in [6.07, 6.45) is 0. The van der Waals surface area contributed by atoms with Crippen molar-refractivity contribution in [2.45, 2.75) is 67.7 Å². The fourth-order valence-electron chi connectivity index (χ4n) is 3.11. The molecule has 0 spiro atoms. The summed E-state index contributed by atoms with van der Waals surface area (Å²) in [5.74, 6) is 0. The second kappa shape index (κ2) is 4.58. The van der Waals surface area contributed by atoms with E-state index < -0.39 is 0 Å². The van der Waals surface area contributed by atoms with E-state index in [2.05, 4.69) is 62.3 Å². The van der Waals surface area contributed by atoms with E-state index in [1.807, 2.05) is 0 Å². The molecule has 0 saturated carbocycles. The van der Waals surface area contributed by atoms with Crippen molar-refractivity contribution in [3.8, 4) is 0 Å². The van der Waals surface area contributed by atoms with E-state index in [9.17, 15) is 0 Å². The number of aromatic nitrogens is 1. The smallest absolute Gasteiger partial charge is 0.0541 e. The Hall–Kier alpha value is -1.37. The first-order valence-corrected chi connectivity index (χ1v) is 7.45. The fourth-order valence-corrected chi connectivity index (χ4v) is 3.11. The van der Waals surface area contributed by atoms with Crippen LogP contribution < -0.4 is 0 Å². The first kappa shape index (κ1) is 15.0. The van der Waals surface area contributed by atoms with Crippen LogP contribution in [0.4, 0.5) is 0 Å². The van der Waals surface area contributed by atoms with Gasteiger partial charge in [0.1, 0.15) is 0 Å². The molecule has 0 atom stereocenters. The van der Waals surface area contributed by atoms with Gasteiger partial charge in [0.25, 0.3) is 0 Å². The van der Waals surface area contributed by atoms with Gasteiger partial charge >= 0.3 is 0 Å². The second-order valence-corrected chi connectivity index (χ2v) is 7.17. The number of rotatable bonds is 0. The molecular formula is C19H27N. The summed E-state index contributed by atoms with van der Waals surface area (Å²) in [4.78, 5) is 4.94. The van der Waals surface area contributed by atoms with Crippen LogP contribution in [-0.4, -0.2) is 4.98 Å². The van der Waals surface area contributed by atoms with Crippen LogP contribution in [0, 0.1) is 41.5 Å². The molecule has 0 amide bonds. The molecule has 2 rings (SSSR count). The van der Waals surface area contributed by atoms with E-state index in [1.165, 1.54) is 44.3 Å². The molecule has 2 aromatic rings. The van der Waals surface area contributed by atoms with Gasteiger partial charge in [0.15, 0.2) is 0 Å². The third-order valence-electron chi connectivity index (χ3n) is 4.83. The first-order valence-electron chi connectivity index (χ1n) is 7.45. The normalized spacial score (nSPS) is 12.2. The molecule has 0 N–H and O–H groups in total. The average Bonchev–Trinajstić information content (AvgIpc) is 2.35. The van der Waals surface area contributed by atoms with Gasteiger partial charge in [0.2, 0.25) is 0 Å². The maximum Gasteiger partial charge on any atom is 0.0541 e. The van der Waals surface area contributed by atoms with Gasteiger partial charge in [-0.15, -0.1) is 0 Å². The maximum absolute atomic E-state index is 4.94. The number of hydrogen-bond donors (Lipinski definition) is 0. The SMILES string of the molecule is Cc1nc(C(C)(C)C)c2c(C)c(C)c(C)c(C)c2c1C. The van der Waals surface area contributed by atoms with Crippen molar-refractivity contribution in [2.24, 2.45) is 0 Å². The Morgan fingerprint density at radius 1 is 0.600 bits per heavy atom. The Morgan fingerprint density at radius 2 is 1.05 bits per heavy atom. The molecule has 1 heterocycles. The molecule has 1 heteroatoms. The number of nitrogens with zero attached hydrogens (tertiary/aromatic N) is 1. The molecule has 0 aliphatic rings. The largest absolute Gasteiger partial charge is 0.257 e. The lowest BCUT2D eigenvalue weighted by molar-refractivity contribution is 0.573. The molecule has 108 valence electrons. The number of fused-ring (bicyclic) bond motifs is 1. The molecular weight excluding hydrogens is 242 g/mol. The zero-order valence-corrected chi connectivity index (χ0v) is 14.4. The van der Waals surface area contributed by atoms with Gasteiger partial charge in [-0.1, -0.05) is 20.8 Å². The first-order chi connectivity index (χ1) is 9.07. The molecule has 0 fully saturated rings. The van der Waals surface area contributed by atoms with Gasteiger partial charge in [-0.2, -0.15) is 0 Å². The van der Waals surface area contributed by atoms with E-state index in [1.54, 1.807) is 0 Å². The monoisotopic (exact) mass is 269 g/mol. The molecule has 1 aromatic carbocycles. The third kappa shape index (κ3) is 2.04. The minimum absolute atomic E-state index is 0.0651. The van der Waals surface area contributed by atoms with E-state index in [-0.39, 0.29) is 5.41 Å². The van der Waals surface area contributed by atoms with E-state index >= 15 is 0 Å². The lowest BCUT2D eigenvalue weighted by atomic mass is 9.82. The standard InChI is InChI=1S/C19H27N/c1-10-11(2)13(4)17-16(12(10)3)14(5)15(6)20-18(17)19(7,8)9/h1-9H3. The summed E-state index contributed by atoms with van der Waals surface area (Å²) in [5, 5.41) is 2.80. The molecule has 0 unspecified atom stereocenters. The average molecular weight is 269 g/mol. The molecule has 1 nitrogen and oxygen atoms in total. The fraction of sp³-hybridized carbons (Fsp3) is 0.526. The van der Waals surface area contributed by atoms with Crippen molar-refractivity contribution < 1.29 is 0 Å². The number of pyridine rings is 1. The highest BCUT2D eigenvalue weighted by Crippen LogP contribution is 2.37. The molecule has 0 aliphatic heterocycles. The Morgan fingerprint density at radius 3 is 1.50 bits per heavy atom. The summed E-state index contributed by atoms with van der Waals surface area (Å²) < 4.78 is 0. The van der Waals surface area contributed by atoms with Crippen molar-refractivity contribution in [3.05, 3.63) is 39.2 Å². The molecule has 0 saturated heterocycles. The number of hydrogen-bond acceptors (Lipinski definition) is 1. The molecule has 0 radical (unpaired) electrons. The Balaban J connectivity index is 3.17. The predicted octanol–water partition coefficient (Wildman–Crippen LogP) is 5.38. The minimum atomic E-state index is 0.0651. The van der Waals surface area contributed by atoms with Crippen LogP contribution >= 0.6 is 0 Å². The van der Waals surface area contributed by atoms with Crippen LogP contribution in [0.3, 0.4) is 0 Å². The highest BCUT2D eigenvalue weighted by Gasteiger charge is 2.24. The highest BCUT2D eigenvalue weighted by atomic mass is 14.7. The van der Waals surface area contributed by atoms with Gasteiger partial charge in [-0.3, -0.25) is 4.98 Å². The molecule has 20 heavy (non-hydrogen) atoms. The van der Waals surface area contributed by atoms with Crippen molar-refractivity contribution in [1.29, 1.82) is 0 Å². The number of benzene rings is 1. The van der Waals surface area contributed by atoms with E-state index in [4.69, 9.17) is 4.98 Å². The van der Waals surface area contributed by atoms with E-state index in [0.717, 1.165) is 5.69 Å². The third-order valence-corrected chi connectivity index (χ3v) is 4.83. The van der Waals surface area contributed by atoms with Gasteiger partial charge in [-0.25, -0.2) is 0 Å². The molecule has 0 aliphatic carbocycles. The van der Waals surface area contributed by atoms with Gasteiger partial charge < -0.3 is 0 Å². The molecule has 0 bridgehead atoms. The second-order valence-electron chi connectivity index (χ2n) is 7.17. The quantitative estimate of drug-likeness (QED) is 0.625. The lowest BCUT2D eigenvalue weighted by Crippen LogP contribution is -2.17. The van der Waals surface area contributed by atoms with Crippen LogP contribution in [0.2, 0.25) is 0 Å². The van der Waals surface area contributed by atoms with E-state index in [0.29, 0.717) is 0 Å². The zero-order valence-electron chi connectivity index (χ0n) is 14.4. The van der Waals surface area contributed by atoms with Crippen LogP contribution in [0.1, 0.15) is 60.0 Å². The zero-order chi connectivity index (χ0) is 15.4. The Labute approximate surface area is 123 Å². The predicted molar refractivity (Wildman–Crippen MR) is 88.9 cm³/mol. The maximum atomic E-state index is 4.94. The van der Waals surface area contributed by atoms with Crippen LogP contribution in [-0.2, 0) is 5.41 Å². The highest BCUT2D eigenvalue weighted by molar-refractivity contribution is 5.95. The Bertz CT molecular complexity index is 700. The van der Waals surface area contributed by atoms with Crippen molar-refractivity contribution in [3.63, 3.8) is 0 Å². The summed E-state index contributed by atoms with van der Waals surface area (Å²) in [6.45, 7) is 20.1. The topological polar surface area (TPSA) is 12.9 Å². The van der Waals surface area contributed by atoms with Crippen molar-refractivity contribution in [2.75, 3.05) is 0 Å². The summed E-state index contributed by atoms with van der Waals surface area (Å²) in [5.41, 5.74) is 9.42. The van der Waals surface area contributed by atoms with Crippen LogP contribution in [0.15, 0.2) is 0 Å². The van der Waals surface area contributed by atoms with Gasteiger partial charge in [0.05, 0.1) is 5.69 Å². The van der Waals surface area contributed by atoms with Crippen LogP contribution in [0.25, 0.3) is 10.8 Å².